The van der Waals surface area contributed by atoms with E-state index in [1.54, 1.807) is 0 Å². The van der Waals surface area contributed by atoms with E-state index in [2.05, 4.69) is 0 Å². The third kappa shape index (κ3) is 3.47. The normalized spacial score (nSPS) is 10.5. The van der Waals surface area contributed by atoms with Crippen LogP contribution in [0.2, 0.25) is 10.0 Å². The third-order valence-corrected chi connectivity index (χ3v) is 3.17. The van der Waals surface area contributed by atoms with Crippen LogP contribution in [-0.4, -0.2) is 0 Å². The molecule has 0 N–H and O–H groups in total. The predicted molar refractivity (Wildman–Crippen MR) is 71.4 cm³/mol. The number of halogens is 2. The number of benzene rings is 2. The van der Waals surface area contributed by atoms with Gasteiger partial charge in [0.05, 0.1) is 13.2 Å². The maximum absolute atomic E-state index is 6.03. The van der Waals surface area contributed by atoms with Gasteiger partial charge in [-0.3, -0.25) is 0 Å². The van der Waals surface area contributed by atoms with Crippen LogP contribution in [0.1, 0.15) is 11.1 Å². The standard InChI is InChI=1S/C14H12Cl2O/c15-13-7-3-1-5-11(13)9-17-10-12-6-2-4-8-14(12)16/h1-8H,9-10H2. The van der Waals surface area contributed by atoms with Crippen molar-refractivity contribution in [2.75, 3.05) is 0 Å². The fourth-order valence-electron chi connectivity index (χ4n) is 1.50. The van der Waals surface area contributed by atoms with E-state index in [-0.39, 0.29) is 0 Å². The smallest absolute Gasteiger partial charge is 0.0735 e. The molecule has 0 atom stereocenters. The third-order valence-electron chi connectivity index (χ3n) is 2.43. The van der Waals surface area contributed by atoms with Crippen molar-refractivity contribution >= 4 is 23.2 Å². The first-order valence-electron chi connectivity index (χ1n) is 5.32. The molecule has 0 amide bonds. The molecule has 0 aromatic heterocycles. The van der Waals surface area contributed by atoms with Gasteiger partial charge in [0.2, 0.25) is 0 Å². The lowest BCUT2D eigenvalue weighted by Crippen LogP contribution is -1.95. The molecule has 17 heavy (non-hydrogen) atoms. The molecule has 2 aromatic carbocycles. The summed E-state index contributed by atoms with van der Waals surface area (Å²) in [6.07, 6.45) is 0. The van der Waals surface area contributed by atoms with E-state index >= 15 is 0 Å². The molecule has 2 aromatic rings. The second-order valence-electron chi connectivity index (χ2n) is 3.68. The summed E-state index contributed by atoms with van der Waals surface area (Å²) in [4.78, 5) is 0. The summed E-state index contributed by atoms with van der Waals surface area (Å²) in [5, 5.41) is 1.46. The average molecular weight is 267 g/mol. The van der Waals surface area contributed by atoms with Gasteiger partial charge in [-0.25, -0.2) is 0 Å². The van der Waals surface area contributed by atoms with E-state index in [0.717, 1.165) is 21.2 Å². The first-order valence-corrected chi connectivity index (χ1v) is 6.07. The van der Waals surface area contributed by atoms with Crippen LogP contribution in [0.3, 0.4) is 0 Å². The zero-order valence-electron chi connectivity index (χ0n) is 9.20. The minimum atomic E-state index is 0.491. The Labute approximate surface area is 111 Å². The molecular formula is C14H12Cl2O. The number of hydrogen-bond acceptors (Lipinski definition) is 1. The first kappa shape index (κ1) is 12.4. The van der Waals surface area contributed by atoms with Gasteiger partial charge in [-0.05, 0) is 23.3 Å². The second-order valence-corrected chi connectivity index (χ2v) is 4.49. The number of rotatable bonds is 4. The quantitative estimate of drug-likeness (QED) is 0.779. The maximum Gasteiger partial charge on any atom is 0.0735 e. The van der Waals surface area contributed by atoms with E-state index in [9.17, 15) is 0 Å². The van der Waals surface area contributed by atoms with Gasteiger partial charge in [-0.1, -0.05) is 59.6 Å². The molecule has 1 nitrogen and oxygen atoms in total. The zero-order chi connectivity index (χ0) is 12.1. The summed E-state index contributed by atoms with van der Waals surface area (Å²) < 4.78 is 5.60. The molecule has 0 spiro atoms. The largest absolute Gasteiger partial charge is 0.372 e. The van der Waals surface area contributed by atoms with Gasteiger partial charge >= 0.3 is 0 Å². The summed E-state index contributed by atoms with van der Waals surface area (Å²) in [6.45, 7) is 0.982. The van der Waals surface area contributed by atoms with Crippen LogP contribution in [0.4, 0.5) is 0 Å². The van der Waals surface area contributed by atoms with Crippen LogP contribution >= 0.6 is 23.2 Å². The number of hydrogen-bond donors (Lipinski definition) is 0. The van der Waals surface area contributed by atoms with Crippen molar-refractivity contribution in [1.29, 1.82) is 0 Å². The Bertz CT molecular complexity index is 452. The fourth-order valence-corrected chi connectivity index (χ4v) is 1.88. The van der Waals surface area contributed by atoms with E-state index in [1.165, 1.54) is 0 Å². The summed E-state index contributed by atoms with van der Waals surface area (Å²) in [5.41, 5.74) is 1.97. The van der Waals surface area contributed by atoms with Crippen molar-refractivity contribution in [3.05, 3.63) is 69.7 Å². The molecule has 0 aliphatic heterocycles. The van der Waals surface area contributed by atoms with Crippen LogP contribution in [0.5, 0.6) is 0 Å². The van der Waals surface area contributed by atoms with Gasteiger partial charge in [0.1, 0.15) is 0 Å². The van der Waals surface area contributed by atoms with Gasteiger partial charge in [-0.15, -0.1) is 0 Å². The molecule has 0 bridgehead atoms. The molecule has 0 fully saturated rings. The lowest BCUT2D eigenvalue weighted by molar-refractivity contribution is 0.107. The molecule has 88 valence electrons. The lowest BCUT2D eigenvalue weighted by Gasteiger charge is -2.07. The fraction of sp³-hybridized carbons (Fsp3) is 0.143. The van der Waals surface area contributed by atoms with E-state index in [1.807, 2.05) is 48.5 Å². The van der Waals surface area contributed by atoms with Gasteiger partial charge in [0.15, 0.2) is 0 Å². The molecule has 0 radical (unpaired) electrons. The Morgan fingerprint density at radius 3 is 1.53 bits per heavy atom. The molecule has 2 rings (SSSR count). The van der Waals surface area contributed by atoms with Crippen molar-refractivity contribution in [2.24, 2.45) is 0 Å². The summed E-state index contributed by atoms with van der Waals surface area (Å²) in [7, 11) is 0. The highest BCUT2D eigenvalue weighted by molar-refractivity contribution is 6.31. The van der Waals surface area contributed by atoms with Crippen LogP contribution in [0.25, 0.3) is 0 Å². The topological polar surface area (TPSA) is 9.23 Å². The lowest BCUT2D eigenvalue weighted by atomic mass is 10.2. The Morgan fingerprint density at radius 2 is 1.12 bits per heavy atom. The van der Waals surface area contributed by atoms with Gasteiger partial charge in [-0.2, -0.15) is 0 Å². The molecule has 0 heterocycles. The van der Waals surface area contributed by atoms with E-state index in [0.29, 0.717) is 13.2 Å². The molecule has 3 heteroatoms. The van der Waals surface area contributed by atoms with Crippen molar-refractivity contribution in [1.82, 2.24) is 0 Å². The van der Waals surface area contributed by atoms with Crippen molar-refractivity contribution in [3.8, 4) is 0 Å². The summed E-state index contributed by atoms with van der Waals surface area (Å²) >= 11 is 12.1. The molecule has 0 unspecified atom stereocenters. The van der Waals surface area contributed by atoms with Crippen LogP contribution in [-0.2, 0) is 18.0 Å². The highest BCUT2D eigenvalue weighted by Gasteiger charge is 2.01. The number of ether oxygens (including phenoxy) is 1. The summed E-state index contributed by atoms with van der Waals surface area (Å²) in [6, 6.07) is 15.3. The SMILES string of the molecule is Clc1ccccc1COCc1ccccc1Cl. The molecule has 0 saturated carbocycles. The first-order chi connectivity index (χ1) is 8.27. The highest BCUT2D eigenvalue weighted by atomic mass is 35.5. The second kappa shape index (κ2) is 6.06. The predicted octanol–water partition coefficient (Wildman–Crippen LogP) is 4.71. The highest BCUT2D eigenvalue weighted by Crippen LogP contribution is 2.19. The average Bonchev–Trinajstić information content (AvgIpc) is 2.34. The Morgan fingerprint density at radius 1 is 0.706 bits per heavy atom. The maximum atomic E-state index is 6.03. The Hall–Kier alpha value is -1.02. The van der Waals surface area contributed by atoms with E-state index in [4.69, 9.17) is 27.9 Å². The Kier molecular flexibility index (Phi) is 4.43. The monoisotopic (exact) mass is 266 g/mol. The molecule has 0 saturated heterocycles. The van der Waals surface area contributed by atoms with Crippen molar-refractivity contribution in [2.45, 2.75) is 13.2 Å². The van der Waals surface area contributed by atoms with Gasteiger partial charge in [0.25, 0.3) is 0 Å². The van der Waals surface area contributed by atoms with Crippen molar-refractivity contribution in [3.63, 3.8) is 0 Å². The zero-order valence-corrected chi connectivity index (χ0v) is 10.7. The molecule has 0 aliphatic carbocycles. The van der Waals surface area contributed by atoms with E-state index < -0.39 is 0 Å². The molecular weight excluding hydrogens is 255 g/mol. The summed E-state index contributed by atoms with van der Waals surface area (Å²) in [5.74, 6) is 0. The minimum absolute atomic E-state index is 0.491. The van der Waals surface area contributed by atoms with Gasteiger partial charge in [0, 0.05) is 10.0 Å². The molecule has 0 aliphatic rings. The van der Waals surface area contributed by atoms with Gasteiger partial charge < -0.3 is 4.74 Å². The van der Waals surface area contributed by atoms with Crippen LogP contribution in [0, 0.1) is 0 Å². The van der Waals surface area contributed by atoms with Crippen LogP contribution in [0.15, 0.2) is 48.5 Å². The van der Waals surface area contributed by atoms with Crippen molar-refractivity contribution < 1.29 is 4.74 Å². The Balaban J connectivity index is 1.93. The minimum Gasteiger partial charge on any atom is -0.372 e. The van der Waals surface area contributed by atoms with Crippen LogP contribution < -0.4 is 0 Å².